The molecule has 0 aliphatic heterocycles. The molecular weight excluding hydrogens is 787 g/mol. The highest BCUT2D eigenvalue weighted by Gasteiger charge is 2.21. The molecule has 0 aliphatic rings. The second kappa shape index (κ2) is 14.8. The van der Waals surface area contributed by atoms with Gasteiger partial charge < -0.3 is 8.98 Å². The van der Waals surface area contributed by atoms with Gasteiger partial charge in [0.2, 0.25) is 0 Å². The van der Waals surface area contributed by atoms with E-state index in [4.69, 9.17) is 4.42 Å². The molecule has 13 aromatic rings. The van der Waals surface area contributed by atoms with Gasteiger partial charge in [-0.25, -0.2) is 0 Å². The number of rotatable bonds is 6. The summed E-state index contributed by atoms with van der Waals surface area (Å²) in [5.74, 6) is 0. The Morgan fingerprint density at radius 3 is 1.46 bits per heavy atom. The van der Waals surface area contributed by atoms with Crippen LogP contribution in [-0.4, -0.2) is 4.57 Å². The van der Waals surface area contributed by atoms with Crippen molar-refractivity contribution in [2.24, 2.45) is 0 Å². The van der Waals surface area contributed by atoms with E-state index < -0.39 is 0 Å². The quantitative estimate of drug-likeness (QED) is 0.153. The van der Waals surface area contributed by atoms with Crippen LogP contribution in [0.4, 0.5) is 0 Å². The second-order valence-corrected chi connectivity index (χ2v) is 17.2. The molecule has 13 rings (SSSR count). The van der Waals surface area contributed by atoms with Crippen molar-refractivity contribution in [1.82, 2.24) is 4.57 Å². The van der Waals surface area contributed by atoms with Gasteiger partial charge in [-0.05, 0) is 138 Å². The van der Waals surface area contributed by atoms with E-state index >= 15 is 0 Å². The highest BCUT2D eigenvalue weighted by molar-refractivity contribution is 6.22. The van der Waals surface area contributed by atoms with E-state index in [1.54, 1.807) is 0 Å². The number of aryl methyl sites for hydroxylation is 1. The SMILES string of the molecule is Cc1ccccc1-c1c2ccccc2c(-c2ccc(-c3c(-c4ccc5oc6ccccc6c5c4)cccc3-c3ccc4c(c3)c3ccccc3n4-c3ccccc3)cc2)c2ccccc12. The zero-order chi connectivity index (χ0) is 43.0. The molecule has 0 saturated heterocycles. The predicted octanol–water partition coefficient (Wildman–Crippen LogP) is 17.6. The number of hydrogen-bond donors (Lipinski definition) is 0. The van der Waals surface area contributed by atoms with E-state index in [9.17, 15) is 0 Å². The minimum atomic E-state index is 0.894. The molecule has 0 radical (unpaired) electrons. The molecule has 0 aliphatic carbocycles. The van der Waals surface area contributed by atoms with E-state index in [0.717, 1.165) is 38.8 Å². The minimum absolute atomic E-state index is 0.894. The zero-order valence-electron chi connectivity index (χ0n) is 35.8. The van der Waals surface area contributed by atoms with Gasteiger partial charge in [0.05, 0.1) is 11.0 Å². The maximum atomic E-state index is 6.31. The van der Waals surface area contributed by atoms with Gasteiger partial charge in [0.15, 0.2) is 0 Å². The van der Waals surface area contributed by atoms with Crippen LogP contribution in [0.5, 0.6) is 0 Å². The van der Waals surface area contributed by atoms with Crippen LogP contribution in [0.25, 0.3) is 127 Å². The molecule has 304 valence electrons. The number of nitrogens with zero attached hydrogens (tertiary/aromatic N) is 1. The number of furan rings is 1. The van der Waals surface area contributed by atoms with Crippen molar-refractivity contribution < 1.29 is 4.42 Å². The van der Waals surface area contributed by atoms with Gasteiger partial charge in [0, 0.05) is 27.2 Å². The van der Waals surface area contributed by atoms with Crippen LogP contribution >= 0.6 is 0 Å². The fraction of sp³-hybridized carbons (Fsp3) is 0.0159. The molecule has 0 N–H and O–H groups in total. The van der Waals surface area contributed by atoms with E-state index in [0.29, 0.717) is 0 Å². The molecule has 2 aromatic heterocycles. The van der Waals surface area contributed by atoms with Crippen LogP contribution in [0.2, 0.25) is 0 Å². The van der Waals surface area contributed by atoms with Crippen LogP contribution < -0.4 is 0 Å². The lowest BCUT2D eigenvalue weighted by Gasteiger charge is -2.20. The molecule has 0 unspecified atom stereocenters. The highest BCUT2D eigenvalue weighted by Crippen LogP contribution is 2.47. The molecule has 11 aromatic carbocycles. The van der Waals surface area contributed by atoms with Gasteiger partial charge in [-0.2, -0.15) is 0 Å². The first-order valence-corrected chi connectivity index (χ1v) is 22.4. The summed E-state index contributed by atoms with van der Waals surface area (Å²) in [6, 6.07) is 84.2. The summed E-state index contributed by atoms with van der Waals surface area (Å²) in [6.07, 6.45) is 0. The van der Waals surface area contributed by atoms with E-state index in [1.165, 1.54) is 93.4 Å². The molecule has 2 heteroatoms. The third-order valence-electron chi connectivity index (χ3n) is 13.6. The number of para-hydroxylation sites is 3. The van der Waals surface area contributed by atoms with Crippen molar-refractivity contribution in [2.75, 3.05) is 0 Å². The second-order valence-electron chi connectivity index (χ2n) is 17.2. The van der Waals surface area contributed by atoms with Crippen LogP contribution in [0.15, 0.2) is 235 Å². The highest BCUT2D eigenvalue weighted by atomic mass is 16.3. The normalized spacial score (nSPS) is 11.8. The third kappa shape index (κ3) is 5.88. The Kier molecular flexibility index (Phi) is 8.47. The number of aromatic nitrogens is 1. The molecule has 0 amide bonds. The molecule has 0 bridgehead atoms. The summed E-state index contributed by atoms with van der Waals surface area (Å²) in [5.41, 5.74) is 18.7. The van der Waals surface area contributed by atoms with Crippen molar-refractivity contribution in [3.63, 3.8) is 0 Å². The van der Waals surface area contributed by atoms with Crippen molar-refractivity contribution in [3.05, 3.63) is 236 Å². The largest absolute Gasteiger partial charge is 0.456 e. The number of fused-ring (bicyclic) bond motifs is 8. The monoisotopic (exact) mass is 827 g/mol. The predicted molar refractivity (Wildman–Crippen MR) is 275 cm³/mol. The van der Waals surface area contributed by atoms with Gasteiger partial charge in [-0.1, -0.05) is 182 Å². The average Bonchev–Trinajstić information content (AvgIpc) is 3.91. The molecule has 0 saturated carbocycles. The molecule has 0 fully saturated rings. The summed E-state index contributed by atoms with van der Waals surface area (Å²) in [6.45, 7) is 2.22. The Bertz CT molecular complexity index is 3940. The van der Waals surface area contributed by atoms with E-state index in [1.807, 2.05) is 6.07 Å². The first-order valence-electron chi connectivity index (χ1n) is 22.4. The van der Waals surface area contributed by atoms with Crippen LogP contribution in [-0.2, 0) is 0 Å². The van der Waals surface area contributed by atoms with Gasteiger partial charge in [0.1, 0.15) is 11.2 Å². The molecule has 2 heterocycles. The van der Waals surface area contributed by atoms with Crippen molar-refractivity contribution >= 4 is 65.3 Å². The Morgan fingerprint density at radius 2 is 0.769 bits per heavy atom. The smallest absolute Gasteiger partial charge is 0.135 e. The third-order valence-corrected chi connectivity index (χ3v) is 13.6. The lowest BCUT2D eigenvalue weighted by atomic mass is 9.84. The van der Waals surface area contributed by atoms with E-state index in [2.05, 4.69) is 236 Å². The average molecular weight is 828 g/mol. The fourth-order valence-corrected chi connectivity index (χ4v) is 10.6. The Hall–Kier alpha value is -8.46. The fourth-order valence-electron chi connectivity index (χ4n) is 10.6. The van der Waals surface area contributed by atoms with Crippen LogP contribution in [0, 0.1) is 6.92 Å². The van der Waals surface area contributed by atoms with E-state index in [-0.39, 0.29) is 0 Å². The minimum Gasteiger partial charge on any atom is -0.456 e. The van der Waals surface area contributed by atoms with Crippen LogP contribution in [0.1, 0.15) is 5.56 Å². The van der Waals surface area contributed by atoms with Crippen LogP contribution in [0.3, 0.4) is 0 Å². The topological polar surface area (TPSA) is 18.1 Å². The Balaban J connectivity index is 1.03. The van der Waals surface area contributed by atoms with Gasteiger partial charge in [-0.3, -0.25) is 0 Å². The molecule has 0 spiro atoms. The molecule has 0 atom stereocenters. The van der Waals surface area contributed by atoms with Crippen molar-refractivity contribution in [3.8, 4) is 61.3 Å². The van der Waals surface area contributed by atoms with Crippen molar-refractivity contribution in [2.45, 2.75) is 6.92 Å². The first kappa shape index (κ1) is 37.1. The number of hydrogen-bond acceptors (Lipinski definition) is 1. The Morgan fingerprint density at radius 1 is 0.292 bits per heavy atom. The Labute approximate surface area is 376 Å². The maximum absolute atomic E-state index is 6.31. The van der Waals surface area contributed by atoms with Gasteiger partial charge in [-0.15, -0.1) is 0 Å². The first-order chi connectivity index (χ1) is 32.2. The summed E-state index contributed by atoms with van der Waals surface area (Å²) in [7, 11) is 0. The van der Waals surface area contributed by atoms with Gasteiger partial charge >= 0.3 is 0 Å². The summed E-state index contributed by atoms with van der Waals surface area (Å²) in [4.78, 5) is 0. The summed E-state index contributed by atoms with van der Waals surface area (Å²) < 4.78 is 8.70. The standard InChI is InChI=1S/C63H41NO/c1-40-16-5-6-19-46(40)63-53-24-9-7-22-51(53)62(52-23-8-10-25-54(52)63)42-32-30-41(31-33-42)61-47(26-15-27-48(61)44-35-37-60-56(39-44)50-21-12-14-29-59(50)65-60)43-34-36-58-55(38-43)49-20-11-13-28-57(49)64(58)45-17-3-2-4-18-45/h2-39H,1H3. The summed E-state index contributed by atoms with van der Waals surface area (Å²) >= 11 is 0. The molecular formula is C63H41NO. The zero-order valence-corrected chi connectivity index (χ0v) is 35.8. The molecule has 65 heavy (non-hydrogen) atoms. The van der Waals surface area contributed by atoms with Gasteiger partial charge in [0.25, 0.3) is 0 Å². The maximum Gasteiger partial charge on any atom is 0.135 e. The lowest BCUT2D eigenvalue weighted by molar-refractivity contribution is 0.669. The molecule has 2 nitrogen and oxygen atoms in total. The lowest BCUT2D eigenvalue weighted by Crippen LogP contribution is -1.94. The summed E-state index contributed by atoms with van der Waals surface area (Å²) in [5, 5.41) is 9.74. The number of benzene rings is 11. The van der Waals surface area contributed by atoms with Crippen molar-refractivity contribution in [1.29, 1.82) is 0 Å².